The zero-order chi connectivity index (χ0) is 20.6. The van der Waals surface area contributed by atoms with Crippen molar-refractivity contribution in [3.63, 3.8) is 0 Å². The van der Waals surface area contributed by atoms with Gasteiger partial charge in [-0.1, -0.05) is 13.3 Å². The highest BCUT2D eigenvalue weighted by atomic mass is 32.2. The molecule has 0 heterocycles. The molecular formula is C19H24N2O6S. The molecule has 1 amide bonds. The van der Waals surface area contributed by atoms with Crippen LogP contribution in [0.1, 0.15) is 30.1 Å². The lowest BCUT2D eigenvalue weighted by molar-refractivity contribution is 0.0944. The lowest BCUT2D eigenvalue weighted by Crippen LogP contribution is -2.41. The van der Waals surface area contributed by atoms with Gasteiger partial charge >= 0.3 is 0 Å². The van der Waals surface area contributed by atoms with Crippen LogP contribution in [0.3, 0.4) is 0 Å². The number of carbonyl (C=O) groups excluding carboxylic acids is 1. The normalized spacial score (nSPS) is 11.0. The summed E-state index contributed by atoms with van der Waals surface area (Å²) < 4.78 is 40.4. The van der Waals surface area contributed by atoms with Crippen molar-refractivity contribution >= 4 is 15.9 Å². The molecule has 28 heavy (non-hydrogen) atoms. The summed E-state index contributed by atoms with van der Waals surface area (Å²) in [6, 6.07) is 10.4. The van der Waals surface area contributed by atoms with Crippen molar-refractivity contribution in [3.05, 3.63) is 48.0 Å². The van der Waals surface area contributed by atoms with Crippen LogP contribution in [0.4, 0.5) is 0 Å². The summed E-state index contributed by atoms with van der Waals surface area (Å²) in [4.78, 5) is 14.4. The van der Waals surface area contributed by atoms with Crippen LogP contribution in [0.5, 0.6) is 17.2 Å². The lowest BCUT2D eigenvalue weighted by Gasteiger charge is -2.13. The molecule has 0 aromatic heterocycles. The largest absolute Gasteiger partial charge is 0.497 e. The van der Waals surface area contributed by atoms with E-state index in [0.29, 0.717) is 23.9 Å². The molecule has 2 aromatic carbocycles. The molecule has 8 nitrogen and oxygen atoms in total. The lowest BCUT2D eigenvalue weighted by atomic mass is 10.2. The number of sulfonamides is 1. The Morgan fingerprint density at radius 2 is 1.71 bits per heavy atom. The van der Waals surface area contributed by atoms with Crippen LogP contribution in [0.15, 0.2) is 47.4 Å². The Balaban J connectivity index is 2.05. The van der Waals surface area contributed by atoms with E-state index < -0.39 is 15.9 Å². The van der Waals surface area contributed by atoms with Crippen LogP contribution in [0, 0.1) is 0 Å². The van der Waals surface area contributed by atoms with Crippen LogP contribution in [-0.4, -0.2) is 35.2 Å². The first kappa shape index (κ1) is 21.5. The number of rotatable bonds is 10. The second-order valence-electron chi connectivity index (χ2n) is 5.80. The Labute approximate surface area is 164 Å². The van der Waals surface area contributed by atoms with Gasteiger partial charge in [0.15, 0.2) is 11.5 Å². The highest BCUT2D eigenvalue weighted by Crippen LogP contribution is 2.28. The molecule has 0 aliphatic carbocycles. The van der Waals surface area contributed by atoms with Gasteiger partial charge in [0.25, 0.3) is 15.9 Å². The zero-order valence-electron chi connectivity index (χ0n) is 16.0. The maximum Gasteiger partial charge on any atom is 0.266 e. The Morgan fingerprint density at radius 3 is 2.32 bits per heavy atom. The second-order valence-corrected chi connectivity index (χ2v) is 7.49. The SMILES string of the molecule is CCCCOc1ccc(C(=O)NNS(=O)(=O)c2ccc(OC)cc2)cc1OC. The molecule has 0 radical (unpaired) electrons. The summed E-state index contributed by atoms with van der Waals surface area (Å²) >= 11 is 0. The van der Waals surface area contributed by atoms with E-state index >= 15 is 0 Å². The fourth-order valence-electron chi connectivity index (χ4n) is 2.25. The fraction of sp³-hybridized carbons (Fsp3) is 0.316. The predicted octanol–water partition coefficient (Wildman–Crippen LogP) is 2.51. The number of benzene rings is 2. The van der Waals surface area contributed by atoms with Crippen LogP contribution >= 0.6 is 0 Å². The molecule has 2 N–H and O–H groups in total. The number of hydrogen-bond donors (Lipinski definition) is 2. The molecular weight excluding hydrogens is 384 g/mol. The van der Waals surface area contributed by atoms with Crippen molar-refractivity contribution in [2.75, 3.05) is 20.8 Å². The first-order chi connectivity index (χ1) is 13.4. The summed E-state index contributed by atoms with van der Waals surface area (Å²) in [5.41, 5.74) is 2.40. The number of unbranched alkanes of at least 4 members (excludes halogenated alkanes) is 1. The Hall–Kier alpha value is -2.78. The molecule has 9 heteroatoms. The maximum atomic E-state index is 12.3. The van der Waals surface area contributed by atoms with Crippen molar-refractivity contribution < 1.29 is 27.4 Å². The van der Waals surface area contributed by atoms with Gasteiger partial charge in [-0.05, 0) is 48.9 Å². The summed E-state index contributed by atoms with van der Waals surface area (Å²) in [7, 11) is -0.970. The van der Waals surface area contributed by atoms with E-state index in [9.17, 15) is 13.2 Å². The van der Waals surface area contributed by atoms with Gasteiger partial charge in [-0.2, -0.15) is 0 Å². The number of ether oxygens (including phenoxy) is 3. The van der Waals surface area contributed by atoms with Crippen molar-refractivity contribution in [1.82, 2.24) is 10.3 Å². The van der Waals surface area contributed by atoms with Crippen LogP contribution in [0.2, 0.25) is 0 Å². The minimum absolute atomic E-state index is 0.00847. The van der Waals surface area contributed by atoms with Crippen molar-refractivity contribution in [2.45, 2.75) is 24.7 Å². The number of nitrogens with one attached hydrogen (secondary N) is 2. The number of hydrogen-bond acceptors (Lipinski definition) is 6. The van der Waals surface area contributed by atoms with E-state index in [-0.39, 0.29) is 10.5 Å². The minimum Gasteiger partial charge on any atom is -0.497 e. The van der Waals surface area contributed by atoms with Gasteiger partial charge in [0, 0.05) is 5.56 Å². The number of hydrazine groups is 1. The second kappa shape index (κ2) is 9.95. The van der Waals surface area contributed by atoms with Gasteiger partial charge in [-0.3, -0.25) is 10.2 Å². The average Bonchev–Trinajstić information content (AvgIpc) is 2.72. The van der Waals surface area contributed by atoms with E-state index in [1.165, 1.54) is 50.6 Å². The summed E-state index contributed by atoms with van der Waals surface area (Å²) in [6.45, 7) is 2.60. The maximum absolute atomic E-state index is 12.3. The van der Waals surface area contributed by atoms with Gasteiger partial charge in [0.2, 0.25) is 0 Å². The minimum atomic E-state index is -3.92. The molecule has 0 saturated heterocycles. The van der Waals surface area contributed by atoms with E-state index in [0.717, 1.165) is 12.8 Å². The zero-order valence-corrected chi connectivity index (χ0v) is 16.8. The third-order valence-corrected chi connectivity index (χ3v) is 5.11. The summed E-state index contributed by atoms with van der Waals surface area (Å²) in [5.74, 6) is 0.805. The highest BCUT2D eigenvalue weighted by Gasteiger charge is 2.17. The smallest absolute Gasteiger partial charge is 0.266 e. The van der Waals surface area contributed by atoms with Gasteiger partial charge in [0.05, 0.1) is 25.7 Å². The Morgan fingerprint density at radius 1 is 1.00 bits per heavy atom. The third-order valence-electron chi connectivity index (χ3n) is 3.85. The van der Waals surface area contributed by atoms with Gasteiger partial charge in [-0.25, -0.2) is 8.42 Å². The van der Waals surface area contributed by atoms with Crippen molar-refractivity contribution in [1.29, 1.82) is 0 Å². The van der Waals surface area contributed by atoms with Crippen LogP contribution in [0.25, 0.3) is 0 Å². The Kier molecular flexibility index (Phi) is 7.65. The fourth-order valence-corrected chi connectivity index (χ4v) is 3.09. The monoisotopic (exact) mass is 408 g/mol. The molecule has 0 fully saturated rings. The molecule has 2 rings (SSSR count). The van der Waals surface area contributed by atoms with Crippen molar-refractivity contribution in [3.8, 4) is 17.2 Å². The molecule has 0 unspecified atom stereocenters. The number of amides is 1. The van der Waals surface area contributed by atoms with E-state index in [1.807, 2.05) is 0 Å². The highest BCUT2D eigenvalue weighted by molar-refractivity contribution is 7.89. The van der Waals surface area contributed by atoms with Crippen LogP contribution < -0.4 is 24.5 Å². The quantitative estimate of drug-likeness (QED) is 0.463. The van der Waals surface area contributed by atoms with E-state index in [4.69, 9.17) is 14.2 Å². The van der Waals surface area contributed by atoms with Gasteiger partial charge in [-0.15, -0.1) is 4.83 Å². The molecule has 0 spiro atoms. The Bertz CT molecular complexity index is 897. The van der Waals surface area contributed by atoms with Crippen LogP contribution in [-0.2, 0) is 10.0 Å². The number of methoxy groups -OCH3 is 2. The molecule has 0 atom stereocenters. The molecule has 152 valence electrons. The summed E-state index contributed by atoms with van der Waals surface area (Å²) in [5, 5.41) is 0. The summed E-state index contributed by atoms with van der Waals surface area (Å²) in [6.07, 6.45) is 1.90. The number of carbonyl (C=O) groups is 1. The molecule has 2 aromatic rings. The third kappa shape index (κ3) is 5.61. The first-order valence-electron chi connectivity index (χ1n) is 8.68. The average molecular weight is 408 g/mol. The predicted molar refractivity (Wildman–Crippen MR) is 104 cm³/mol. The van der Waals surface area contributed by atoms with Crippen molar-refractivity contribution in [2.24, 2.45) is 0 Å². The van der Waals surface area contributed by atoms with E-state index in [2.05, 4.69) is 17.2 Å². The molecule has 0 aliphatic rings. The first-order valence-corrected chi connectivity index (χ1v) is 10.2. The molecule has 0 saturated carbocycles. The standard InChI is InChI=1S/C19H24N2O6S/c1-4-5-12-27-17-11-6-14(13-18(17)26-3)19(22)20-21-28(23,24)16-9-7-15(25-2)8-10-16/h6-11,13,21H,4-5,12H2,1-3H3,(H,20,22). The molecule has 0 bridgehead atoms. The van der Waals surface area contributed by atoms with Gasteiger partial charge < -0.3 is 14.2 Å². The van der Waals surface area contributed by atoms with E-state index in [1.54, 1.807) is 6.07 Å². The molecule has 0 aliphatic heterocycles. The topological polar surface area (TPSA) is 103 Å². The van der Waals surface area contributed by atoms with Gasteiger partial charge in [0.1, 0.15) is 5.75 Å².